The Bertz CT molecular complexity index is 320. The molecule has 0 aromatic heterocycles. The van der Waals surface area contributed by atoms with Crippen LogP contribution in [-0.2, 0) is 22.8 Å². The van der Waals surface area contributed by atoms with Crippen LogP contribution in [0.4, 0.5) is 0 Å². The Morgan fingerprint density at radius 1 is 0.833 bits per heavy atom. The van der Waals surface area contributed by atoms with Crippen molar-refractivity contribution in [2.75, 3.05) is 26.4 Å². The molecule has 0 rings (SSSR count). The van der Waals surface area contributed by atoms with Crippen molar-refractivity contribution in [2.45, 2.75) is 72.3 Å². The lowest BCUT2D eigenvalue weighted by atomic mass is 10.4. The second-order valence-corrected chi connectivity index (χ2v) is 8.69. The van der Waals surface area contributed by atoms with Crippen molar-refractivity contribution < 1.29 is 22.8 Å². The number of ether oxygens (including phenoxy) is 1. The molecule has 0 aliphatic rings. The van der Waals surface area contributed by atoms with Crippen LogP contribution >= 0.6 is 0 Å². The Morgan fingerprint density at radius 3 is 1.58 bits per heavy atom. The van der Waals surface area contributed by atoms with E-state index in [-0.39, 0.29) is 12.6 Å². The van der Waals surface area contributed by atoms with Gasteiger partial charge in [0.25, 0.3) is 0 Å². The molecular weight excluding hydrogens is 324 g/mol. The summed E-state index contributed by atoms with van der Waals surface area (Å²) in [5.74, 6) is -0.381. The van der Waals surface area contributed by atoms with E-state index in [2.05, 4.69) is 27.4 Å². The summed E-state index contributed by atoms with van der Waals surface area (Å²) < 4.78 is 23.5. The van der Waals surface area contributed by atoms with Gasteiger partial charge in [0.05, 0.1) is 12.7 Å². The molecule has 0 N–H and O–H groups in total. The molecule has 0 aromatic rings. The highest BCUT2D eigenvalue weighted by atomic mass is 28.4. The normalized spacial score (nSPS) is 11.5. The lowest BCUT2D eigenvalue weighted by Gasteiger charge is -2.29. The van der Waals surface area contributed by atoms with Crippen LogP contribution in [0.1, 0.15) is 66.2 Å². The highest BCUT2D eigenvalue weighted by molar-refractivity contribution is 6.60. The first kappa shape index (κ1) is 23.3. The van der Waals surface area contributed by atoms with Crippen LogP contribution in [-0.4, -0.2) is 41.2 Å². The third-order valence-corrected chi connectivity index (χ3v) is 6.20. The summed E-state index contributed by atoms with van der Waals surface area (Å²) in [5.41, 5.74) is 0.396. The van der Waals surface area contributed by atoms with Gasteiger partial charge in [-0.1, -0.05) is 46.6 Å². The number of rotatable bonds is 16. The zero-order valence-electron chi connectivity index (χ0n) is 16.0. The molecule has 0 saturated carbocycles. The quantitative estimate of drug-likeness (QED) is 0.176. The lowest BCUT2D eigenvalue weighted by Crippen LogP contribution is -2.47. The van der Waals surface area contributed by atoms with Crippen molar-refractivity contribution in [2.24, 2.45) is 0 Å². The van der Waals surface area contributed by atoms with Crippen molar-refractivity contribution in [3.05, 3.63) is 12.2 Å². The summed E-state index contributed by atoms with van der Waals surface area (Å²) in [5, 5.41) is 0. The van der Waals surface area contributed by atoms with Crippen molar-refractivity contribution in [3.63, 3.8) is 0 Å². The van der Waals surface area contributed by atoms with Gasteiger partial charge in [0.2, 0.25) is 0 Å². The second kappa shape index (κ2) is 14.6. The van der Waals surface area contributed by atoms with Gasteiger partial charge < -0.3 is 18.0 Å². The standard InChI is InChI=1S/C18H36O5Si/c1-6-9-12-21-24(22-13-10-7-2,23-14-11-8-3)16-15-20-18(19)17(4)5/h4,6-16H2,1-3,5H3. The van der Waals surface area contributed by atoms with Crippen molar-refractivity contribution in [1.82, 2.24) is 0 Å². The second-order valence-electron chi connectivity index (χ2n) is 5.96. The molecule has 24 heavy (non-hydrogen) atoms. The largest absolute Gasteiger partial charge is 0.504 e. The monoisotopic (exact) mass is 360 g/mol. The minimum absolute atomic E-state index is 0.238. The first-order chi connectivity index (χ1) is 11.5. The molecule has 6 heteroatoms. The fraction of sp³-hybridized carbons (Fsp3) is 0.833. The lowest BCUT2D eigenvalue weighted by molar-refractivity contribution is -0.138. The first-order valence-corrected chi connectivity index (χ1v) is 11.2. The summed E-state index contributed by atoms with van der Waals surface area (Å²) in [6, 6.07) is 0.489. The van der Waals surface area contributed by atoms with Gasteiger partial charge in [0.15, 0.2) is 0 Å². The van der Waals surface area contributed by atoms with Crippen LogP contribution in [0, 0.1) is 0 Å². The summed E-state index contributed by atoms with van der Waals surface area (Å²) in [4.78, 5) is 11.6. The number of esters is 1. The number of unbranched alkanes of at least 4 members (excludes halogenated alkanes) is 3. The molecule has 0 atom stereocenters. The van der Waals surface area contributed by atoms with E-state index in [1.807, 2.05) is 0 Å². The van der Waals surface area contributed by atoms with Crippen molar-refractivity contribution in [1.29, 1.82) is 0 Å². The smallest absolute Gasteiger partial charge is 0.462 e. The zero-order valence-corrected chi connectivity index (χ0v) is 17.0. The Labute approximate surface area is 149 Å². The first-order valence-electron chi connectivity index (χ1n) is 9.25. The van der Waals surface area contributed by atoms with Crippen molar-refractivity contribution >= 4 is 14.8 Å². The molecule has 0 bridgehead atoms. The highest BCUT2D eigenvalue weighted by Crippen LogP contribution is 2.19. The summed E-state index contributed by atoms with van der Waals surface area (Å²) in [6.07, 6.45) is 6.06. The van der Waals surface area contributed by atoms with E-state index in [0.717, 1.165) is 38.5 Å². The minimum atomic E-state index is -2.82. The number of hydrogen-bond donors (Lipinski definition) is 0. The molecule has 0 aromatic carbocycles. The maximum absolute atomic E-state index is 11.6. The van der Waals surface area contributed by atoms with E-state index in [1.165, 1.54) is 0 Å². The average Bonchev–Trinajstić information content (AvgIpc) is 2.55. The molecular formula is C18H36O5Si. The zero-order chi connectivity index (χ0) is 18.3. The fourth-order valence-corrected chi connectivity index (χ4v) is 4.25. The summed E-state index contributed by atoms with van der Waals surface area (Å²) >= 11 is 0. The SMILES string of the molecule is C=C(C)C(=O)OCC[Si](OCCCC)(OCCCC)OCCCC. The Kier molecular flexibility index (Phi) is 14.2. The third kappa shape index (κ3) is 11.0. The number of hydrogen-bond acceptors (Lipinski definition) is 5. The van der Waals surface area contributed by atoms with E-state index in [1.54, 1.807) is 6.92 Å². The van der Waals surface area contributed by atoms with Gasteiger partial charge in [-0.15, -0.1) is 0 Å². The van der Waals surface area contributed by atoms with Crippen LogP contribution in [0.25, 0.3) is 0 Å². The average molecular weight is 361 g/mol. The molecule has 0 radical (unpaired) electrons. The van der Waals surface area contributed by atoms with E-state index >= 15 is 0 Å². The summed E-state index contributed by atoms with van der Waals surface area (Å²) in [6.45, 7) is 13.7. The molecule has 0 fully saturated rings. The molecule has 142 valence electrons. The van der Waals surface area contributed by atoms with Crippen LogP contribution in [0.5, 0.6) is 0 Å². The van der Waals surface area contributed by atoms with Gasteiger partial charge in [-0.25, -0.2) is 4.79 Å². The van der Waals surface area contributed by atoms with Crippen LogP contribution in [0.15, 0.2) is 12.2 Å². The van der Waals surface area contributed by atoms with Gasteiger partial charge in [0.1, 0.15) is 0 Å². The van der Waals surface area contributed by atoms with Gasteiger partial charge in [-0.05, 0) is 26.2 Å². The molecule has 0 aliphatic carbocycles. The van der Waals surface area contributed by atoms with Crippen LogP contribution in [0.3, 0.4) is 0 Å². The van der Waals surface area contributed by atoms with E-state index in [9.17, 15) is 4.79 Å². The topological polar surface area (TPSA) is 54.0 Å². The van der Waals surface area contributed by atoms with Gasteiger partial charge in [-0.2, -0.15) is 0 Å². The molecule has 0 spiro atoms. The van der Waals surface area contributed by atoms with Crippen molar-refractivity contribution in [3.8, 4) is 0 Å². The maximum Gasteiger partial charge on any atom is 0.504 e. The third-order valence-electron chi connectivity index (χ3n) is 3.45. The molecule has 0 amide bonds. The predicted octanol–water partition coefficient (Wildman–Crippen LogP) is 4.49. The molecule has 5 nitrogen and oxygen atoms in total. The Morgan fingerprint density at radius 2 is 1.25 bits per heavy atom. The Balaban J connectivity index is 4.76. The fourth-order valence-electron chi connectivity index (χ4n) is 1.85. The van der Waals surface area contributed by atoms with Gasteiger partial charge in [-0.3, -0.25) is 0 Å². The van der Waals surface area contributed by atoms with E-state index in [4.69, 9.17) is 18.0 Å². The minimum Gasteiger partial charge on any atom is -0.462 e. The molecule has 0 aliphatic heterocycles. The van der Waals surface area contributed by atoms with E-state index in [0.29, 0.717) is 31.4 Å². The number of carbonyl (C=O) groups excluding carboxylic acids is 1. The number of carbonyl (C=O) groups is 1. The summed E-state index contributed by atoms with van der Waals surface area (Å²) in [7, 11) is -2.82. The predicted molar refractivity (Wildman–Crippen MR) is 98.9 cm³/mol. The van der Waals surface area contributed by atoms with Gasteiger partial charge >= 0.3 is 14.8 Å². The van der Waals surface area contributed by atoms with Crippen LogP contribution in [0.2, 0.25) is 6.04 Å². The van der Waals surface area contributed by atoms with Gasteiger partial charge in [0, 0.05) is 25.4 Å². The Hall–Kier alpha value is -0.693. The van der Waals surface area contributed by atoms with Crippen LogP contribution < -0.4 is 0 Å². The highest BCUT2D eigenvalue weighted by Gasteiger charge is 2.41. The molecule has 0 saturated heterocycles. The molecule has 0 heterocycles. The maximum atomic E-state index is 11.6. The van der Waals surface area contributed by atoms with E-state index < -0.39 is 8.80 Å². The molecule has 0 unspecified atom stereocenters.